The molecule has 1 aliphatic carbocycles. The summed E-state index contributed by atoms with van der Waals surface area (Å²) in [6.45, 7) is 4.18. The van der Waals surface area contributed by atoms with E-state index >= 15 is 0 Å². The molecule has 0 saturated carbocycles. The van der Waals surface area contributed by atoms with E-state index in [2.05, 4.69) is 29.6 Å². The minimum Gasteiger partial charge on any atom is -0.449 e. The number of hydrogen-bond acceptors (Lipinski definition) is 3. The molecule has 1 N–H and O–H groups in total. The number of aldehydes is 1. The highest BCUT2D eigenvalue weighted by molar-refractivity contribution is 5.79. The number of nitrogens with one attached hydrogen (secondary N) is 1. The Morgan fingerprint density at radius 1 is 1.12 bits per heavy atom. The van der Waals surface area contributed by atoms with Gasteiger partial charge in [-0.2, -0.15) is 0 Å². The van der Waals surface area contributed by atoms with Crippen molar-refractivity contribution in [2.45, 2.75) is 32.2 Å². The van der Waals surface area contributed by atoms with Gasteiger partial charge in [-0.3, -0.25) is 0 Å². The summed E-state index contributed by atoms with van der Waals surface area (Å²) in [4.78, 5) is 23.3. The number of fused-ring (bicyclic) bond motifs is 3. The summed E-state index contributed by atoms with van der Waals surface area (Å²) >= 11 is 0. The molecular formula is C21H23NO3. The summed E-state index contributed by atoms with van der Waals surface area (Å²) in [5.74, 6) is 0.106. The summed E-state index contributed by atoms with van der Waals surface area (Å²) in [7, 11) is 0. The Hall–Kier alpha value is -2.62. The van der Waals surface area contributed by atoms with E-state index in [0.717, 1.165) is 12.7 Å². The molecule has 3 rings (SSSR count). The minimum absolute atomic E-state index is 0.0245. The second-order valence-electron chi connectivity index (χ2n) is 6.52. The van der Waals surface area contributed by atoms with Crippen molar-refractivity contribution in [1.29, 1.82) is 0 Å². The molecular weight excluding hydrogens is 314 g/mol. The van der Waals surface area contributed by atoms with Gasteiger partial charge >= 0.3 is 6.09 Å². The van der Waals surface area contributed by atoms with Crippen LogP contribution in [0.2, 0.25) is 0 Å². The van der Waals surface area contributed by atoms with Crippen LogP contribution in [0.15, 0.2) is 48.5 Å². The quantitative estimate of drug-likeness (QED) is 0.806. The van der Waals surface area contributed by atoms with Crippen LogP contribution < -0.4 is 5.32 Å². The molecule has 2 aromatic rings. The fourth-order valence-electron chi connectivity index (χ4n) is 3.34. The van der Waals surface area contributed by atoms with Gasteiger partial charge in [-0.25, -0.2) is 4.79 Å². The molecule has 0 spiro atoms. The normalized spacial score (nSPS) is 15.0. The third-order valence-corrected chi connectivity index (χ3v) is 5.03. The maximum absolute atomic E-state index is 12.1. The summed E-state index contributed by atoms with van der Waals surface area (Å²) in [5, 5.41) is 2.66. The molecule has 4 nitrogen and oxygen atoms in total. The first-order valence-corrected chi connectivity index (χ1v) is 8.72. The van der Waals surface area contributed by atoms with Crippen molar-refractivity contribution < 1.29 is 14.3 Å². The fraction of sp³-hybridized carbons (Fsp3) is 0.333. The number of hydrogen-bond donors (Lipinski definition) is 1. The minimum atomic E-state index is -0.542. The van der Waals surface area contributed by atoms with E-state index in [4.69, 9.17) is 4.74 Å². The lowest BCUT2D eigenvalue weighted by Crippen LogP contribution is -2.41. The van der Waals surface area contributed by atoms with E-state index in [1.165, 1.54) is 22.3 Å². The lowest BCUT2D eigenvalue weighted by Gasteiger charge is -2.19. The monoisotopic (exact) mass is 337 g/mol. The van der Waals surface area contributed by atoms with Crippen LogP contribution in [0.5, 0.6) is 0 Å². The van der Waals surface area contributed by atoms with Crippen molar-refractivity contribution in [3.05, 3.63) is 59.7 Å². The van der Waals surface area contributed by atoms with Crippen LogP contribution in [0.4, 0.5) is 4.79 Å². The van der Waals surface area contributed by atoms with Crippen LogP contribution in [0, 0.1) is 5.92 Å². The molecule has 0 heterocycles. The highest BCUT2D eigenvalue weighted by Gasteiger charge is 2.29. The molecule has 1 amide bonds. The largest absolute Gasteiger partial charge is 0.449 e. The van der Waals surface area contributed by atoms with Gasteiger partial charge in [0.15, 0.2) is 0 Å². The Morgan fingerprint density at radius 2 is 1.68 bits per heavy atom. The van der Waals surface area contributed by atoms with Gasteiger partial charge in [0.25, 0.3) is 0 Å². The number of carbonyl (C=O) groups excluding carboxylic acids is 2. The van der Waals surface area contributed by atoms with Crippen LogP contribution in [0.3, 0.4) is 0 Å². The molecule has 130 valence electrons. The number of rotatable bonds is 6. The Balaban J connectivity index is 1.71. The lowest BCUT2D eigenvalue weighted by atomic mass is 9.98. The molecule has 1 aliphatic rings. The SMILES string of the molecule is CCC(C)[C@@H](C=O)NC(=O)OCC1c2ccccc2-c2ccccc21. The van der Waals surface area contributed by atoms with Gasteiger partial charge < -0.3 is 14.8 Å². The standard InChI is InChI=1S/C21H23NO3/c1-3-14(2)20(12-23)22-21(24)25-13-19-17-10-6-4-8-15(17)16-9-5-7-11-18(16)19/h4-12,14,19-20H,3,13H2,1-2H3,(H,22,24)/t14?,20-/m1/s1. The average Bonchev–Trinajstić information content (AvgIpc) is 2.98. The predicted octanol–water partition coefficient (Wildman–Crippen LogP) is 4.14. The summed E-state index contributed by atoms with van der Waals surface area (Å²) in [6.07, 6.45) is 1.04. The van der Waals surface area contributed by atoms with Crippen molar-refractivity contribution in [1.82, 2.24) is 5.32 Å². The highest BCUT2D eigenvalue weighted by atomic mass is 16.5. The Kier molecular flexibility index (Phi) is 5.17. The molecule has 25 heavy (non-hydrogen) atoms. The van der Waals surface area contributed by atoms with Gasteiger partial charge in [0.2, 0.25) is 0 Å². The first-order valence-electron chi connectivity index (χ1n) is 8.72. The molecule has 0 bridgehead atoms. The fourth-order valence-corrected chi connectivity index (χ4v) is 3.34. The second kappa shape index (κ2) is 7.51. The van der Waals surface area contributed by atoms with Gasteiger partial charge in [-0.1, -0.05) is 68.8 Å². The van der Waals surface area contributed by atoms with Gasteiger partial charge in [-0.15, -0.1) is 0 Å². The molecule has 2 aromatic carbocycles. The zero-order chi connectivity index (χ0) is 17.8. The number of carbonyl (C=O) groups is 2. The molecule has 4 heteroatoms. The first-order chi connectivity index (χ1) is 12.2. The molecule has 0 fully saturated rings. The number of ether oxygens (including phenoxy) is 1. The molecule has 0 aliphatic heterocycles. The average molecular weight is 337 g/mol. The van der Waals surface area contributed by atoms with E-state index < -0.39 is 12.1 Å². The first kappa shape index (κ1) is 17.2. The molecule has 0 saturated heterocycles. The third kappa shape index (κ3) is 3.43. The van der Waals surface area contributed by atoms with Gasteiger partial charge in [0.1, 0.15) is 12.9 Å². The molecule has 1 unspecified atom stereocenters. The molecule has 0 aromatic heterocycles. The smallest absolute Gasteiger partial charge is 0.407 e. The van der Waals surface area contributed by atoms with Gasteiger partial charge in [0.05, 0.1) is 6.04 Å². The molecule has 0 radical (unpaired) electrons. The maximum atomic E-state index is 12.1. The van der Waals surface area contributed by atoms with E-state index in [1.807, 2.05) is 38.1 Å². The van der Waals surface area contributed by atoms with E-state index in [9.17, 15) is 9.59 Å². The zero-order valence-electron chi connectivity index (χ0n) is 14.6. The van der Waals surface area contributed by atoms with Crippen molar-refractivity contribution in [3.63, 3.8) is 0 Å². The van der Waals surface area contributed by atoms with Crippen molar-refractivity contribution in [2.75, 3.05) is 6.61 Å². The van der Waals surface area contributed by atoms with E-state index in [0.29, 0.717) is 0 Å². The third-order valence-electron chi connectivity index (χ3n) is 5.03. The Bertz CT molecular complexity index is 726. The van der Waals surface area contributed by atoms with Crippen molar-refractivity contribution in [3.8, 4) is 11.1 Å². The van der Waals surface area contributed by atoms with Crippen LogP contribution in [0.1, 0.15) is 37.3 Å². The van der Waals surface area contributed by atoms with Crippen molar-refractivity contribution in [2.24, 2.45) is 5.92 Å². The maximum Gasteiger partial charge on any atom is 0.407 e. The van der Waals surface area contributed by atoms with E-state index in [-0.39, 0.29) is 18.4 Å². The zero-order valence-corrected chi connectivity index (χ0v) is 14.6. The summed E-state index contributed by atoms with van der Waals surface area (Å²) in [5.41, 5.74) is 4.73. The lowest BCUT2D eigenvalue weighted by molar-refractivity contribution is -0.110. The second-order valence-corrected chi connectivity index (χ2v) is 6.52. The van der Waals surface area contributed by atoms with Crippen LogP contribution >= 0.6 is 0 Å². The van der Waals surface area contributed by atoms with E-state index in [1.54, 1.807) is 0 Å². The number of alkyl carbamates (subject to hydrolysis) is 1. The number of benzene rings is 2. The Morgan fingerprint density at radius 3 is 2.20 bits per heavy atom. The molecule has 2 atom stereocenters. The summed E-state index contributed by atoms with van der Waals surface area (Å²) in [6, 6.07) is 15.9. The van der Waals surface area contributed by atoms with Crippen molar-refractivity contribution >= 4 is 12.4 Å². The van der Waals surface area contributed by atoms with Crippen LogP contribution in [-0.2, 0) is 9.53 Å². The number of amides is 1. The summed E-state index contributed by atoms with van der Waals surface area (Å²) < 4.78 is 5.46. The van der Waals surface area contributed by atoms with Gasteiger partial charge in [0, 0.05) is 5.92 Å². The van der Waals surface area contributed by atoms with Crippen LogP contribution in [0.25, 0.3) is 11.1 Å². The van der Waals surface area contributed by atoms with Gasteiger partial charge in [-0.05, 0) is 28.2 Å². The predicted molar refractivity (Wildman–Crippen MR) is 97.5 cm³/mol. The topological polar surface area (TPSA) is 55.4 Å². The highest BCUT2D eigenvalue weighted by Crippen LogP contribution is 2.44. The Labute approximate surface area is 148 Å². The van der Waals surface area contributed by atoms with Crippen LogP contribution in [-0.4, -0.2) is 25.0 Å².